The summed E-state index contributed by atoms with van der Waals surface area (Å²) >= 11 is 0. The molecule has 2 aliphatic carbocycles. The van der Waals surface area contributed by atoms with E-state index in [0.29, 0.717) is 17.7 Å². The fourth-order valence-corrected chi connectivity index (χ4v) is 5.33. The molecule has 0 radical (unpaired) electrons. The van der Waals surface area contributed by atoms with Crippen molar-refractivity contribution >= 4 is 0 Å². The highest BCUT2D eigenvalue weighted by Gasteiger charge is 2.54. The van der Waals surface area contributed by atoms with Gasteiger partial charge in [0.25, 0.3) is 0 Å². The molecule has 1 aromatic carbocycles. The molecule has 1 fully saturated rings. The number of nitrogens with one attached hydrogen (secondary N) is 1. The Morgan fingerprint density at radius 1 is 1.32 bits per heavy atom. The van der Waals surface area contributed by atoms with Crippen molar-refractivity contribution in [3.8, 4) is 5.75 Å². The Labute approximate surface area is 130 Å². The number of aromatic amines is 1. The fourth-order valence-electron chi connectivity index (χ4n) is 5.33. The average Bonchev–Trinajstić information content (AvgIpc) is 2.96. The van der Waals surface area contributed by atoms with Crippen LogP contribution in [0.1, 0.15) is 28.8 Å². The molecule has 3 atom stereocenters. The third-order valence-electron chi connectivity index (χ3n) is 6.45. The Bertz CT molecular complexity index is 753. The number of fused-ring (bicyclic) bond motifs is 2. The number of H-pyrrole nitrogens is 1. The predicted molar refractivity (Wildman–Crippen MR) is 84.0 cm³/mol. The number of benzene rings is 1. The molecule has 22 heavy (non-hydrogen) atoms. The highest BCUT2D eigenvalue weighted by Crippen LogP contribution is 2.54. The number of phenolic OH excluding ortho intramolecular Hbond substituents is 1. The van der Waals surface area contributed by atoms with E-state index in [1.807, 2.05) is 18.3 Å². The molecule has 1 saturated heterocycles. The van der Waals surface area contributed by atoms with Crippen LogP contribution in [0.25, 0.3) is 0 Å². The summed E-state index contributed by atoms with van der Waals surface area (Å²) in [5.74, 6) is 1.03. The summed E-state index contributed by atoms with van der Waals surface area (Å²) in [6, 6.07) is 6.62. The highest BCUT2D eigenvalue weighted by molar-refractivity contribution is 5.47. The Hall–Kier alpha value is -1.81. The number of likely N-dealkylation sites (tertiary alicyclic amines) is 1. The first-order valence-corrected chi connectivity index (χ1v) is 8.21. The fraction of sp³-hybridized carbons (Fsp3) is 0.500. The average molecular weight is 295 g/mol. The van der Waals surface area contributed by atoms with Crippen molar-refractivity contribution in [2.75, 3.05) is 13.6 Å². The first-order chi connectivity index (χ1) is 10.7. The van der Waals surface area contributed by atoms with Crippen molar-refractivity contribution in [1.29, 1.82) is 0 Å². The number of phenols is 1. The number of piperidine rings is 1. The lowest BCUT2D eigenvalue weighted by molar-refractivity contribution is 0.0238. The molecule has 2 bridgehead atoms. The summed E-state index contributed by atoms with van der Waals surface area (Å²) in [7, 11) is 2.27. The molecule has 1 aliphatic heterocycles. The van der Waals surface area contributed by atoms with E-state index < -0.39 is 0 Å². The van der Waals surface area contributed by atoms with E-state index in [1.165, 1.54) is 28.8 Å². The van der Waals surface area contributed by atoms with Crippen LogP contribution in [-0.2, 0) is 24.7 Å². The summed E-state index contributed by atoms with van der Waals surface area (Å²) < 4.78 is 0. The number of likely N-dealkylation sites (N-methyl/N-ethyl adjacent to an activating group) is 1. The molecule has 0 spiro atoms. The predicted octanol–water partition coefficient (Wildman–Crippen LogP) is 2.03. The van der Waals surface area contributed by atoms with Gasteiger partial charge in [0.15, 0.2) is 0 Å². The zero-order valence-electron chi connectivity index (χ0n) is 12.8. The Morgan fingerprint density at radius 3 is 3.14 bits per heavy atom. The zero-order chi connectivity index (χ0) is 14.9. The zero-order valence-corrected chi connectivity index (χ0v) is 12.8. The lowest BCUT2D eigenvalue weighted by Gasteiger charge is -2.58. The smallest absolute Gasteiger partial charge is 0.115 e. The van der Waals surface area contributed by atoms with Crippen LogP contribution in [0, 0.1) is 5.92 Å². The second-order valence-electron chi connectivity index (χ2n) is 7.36. The number of rotatable bonds is 0. The van der Waals surface area contributed by atoms with Crippen molar-refractivity contribution in [3.63, 3.8) is 0 Å². The maximum Gasteiger partial charge on any atom is 0.115 e. The van der Waals surface area contributed by atoms with Crippen molar-refractivity contribution in [3.05, 3.63) is 46.8 Å². The van der Waals surface area contributed by atoms with E-state index in [1.54, 1.807) is 0 Å². The van der Waals surface area contributed by atoms with E-state index in [-0.39, 0.29) is 5.41 Å². The number of aromatic hydroxyl groups is 1. The van der Waals surface area contributed by atoms with Crippen LogP contribution in [0.4, 0.5) is 0 Å². The quantitative estimate of drug-likeness (QED) is 0.782. The van der Waals surface area contributed by atoms with Crippen LogP contribution in [0.2, 0.25) is 0 Å². The second-order valence-corrected chi connectivity index (χ2v) is 7.36. The van der Waals surface area contributed by atoms with Gasteiger partial charge in [-0.05, 0) is 74.0 Å². The molecule has 5 rings (SSSR count). The van der Waals surface area contributed by atoms with Gasteiger partial charge in [0.05, 0.1) is 6.20 Å². The van der Waals surface area contributed by atoms with Crippen molar-refractivity contribution in [2.24, 2.45) is 5.92 Å². The van der Waals surface area contributed by atoms with Crippen molar-refractivity contribution in [2.45, 2.75) is 37.1 Å². The van der Waals surface area contributed by atoms with Crippen LogP contribution in [0.3, 0.4) is 0 Å². The van der Waals surface area contributed by atoms with Crippen molar-refractivity contribution in [1.82, 2.24) is 15.1 Å². The monoisotopic (exact) mass is 295 g/mol. The molecule has 1 aromatic heterocycles. The molecule has 0 saturated carbocycles. The molecule has 114 valence electrons. The van der Waals surface area contributed by atoms with Crippen molar-refractivity contribution < 1.29 is 5.11 Å². The summed E-state index contributed by atoms with van der Waals surface area (Å²) in [5, 5.41) is 17.5. The number of hydrogen-bond acceptors (Lipinski definition) is 3. The number of nitrogens with zero attached hydrogens (tertiary/aromatic N) is 2. The number of hydrogen-bond donors (Lipinski definition) is 2. The van der Waals surface area contributed by atoms with Gasteiger partial charge in [-0.1, -0.05) is 6.07 Å². The molecule has 0 amide bonds. The van der Waals surface area contributed by atoms with Crippen LogP contribution in [0.5, 0.6) is 5.75 Å². The first kappa shape index (κ1) is 12.7. The second kappa shape index (κ2) is 4.13. The van der Waals surface area contributed by atoms with Gasteiger partial charge in [0.1, 0.15) is 5.75 Å². The van der Waals surface area contributed by atoms with Gasteiger partial charge in [0.2, 0.25) is 0 Å². The summed E-state index contributed by atoms with van der Waals surface area (Å²) in [6.45, 7) is 1.14. The van der Waals surface area contributed by atoms with Gasteiger partial charge < -0.3 is 10.0 Å². The Kier molecular flexibility index (Phi) is 2.39. The third kappa shape index (κ3) is 1.48. The maximum absolute atomic E-state index is 10.0. The van der Waals surface area contributed by atoms with Gasteiger partial charge in [-0.2, -0.15) is 5.10 Å². The lowest BCUT2D eigenvalue weighted by Crippen LogP contribution is -2.61. The minimum absolute atomic E-state index is 0.170. The normalized spacial score (nSPS) is 33.0. The summed E-state index contributed by atoms with van der Waals surface area (Å²) in [5.41, 5.74) is 5.68. The molecule has 2 heterocycles. The topological polar surface area (TPSA) is 52.2 Å². The van der Waals surface area contributed by atoms with Gasteiger partial charge in [0, 0.05) is 17.2 Å². The number of aromatic nitrogens is 2. The lowest BCUT2D eigenvalue weighted by atomic mass is 9.52. The molecule has 3 aliphatic rings. The van der Waals surface area contributed by atoms with Gasteiger partial charge in [-0.15, -0.1) is 0 Å². The van der Waals surface area contributed by atoms with Crippen LogP contribution >= 0.6 is 0 Å². The van der Waals surface area contributed by atoms with E-state index in [4.69, 9.17) is 0 Å². The standard InChI is InChI=1S/C18H21N3O/c1-21-5-4-18-9-16-12(10-19-20-16)6-15(18)17(21)7-11-2-3-13(22)8-14(11)18/h2-3,8,10,15,17,22H,4-7,9H2,1H3,(H,19,20)/t15-,17+,18+/m0/s1. The van der Waals surface area contributed by atoms with Gasteiger partial charge in [-0.3, -0.25) is 5.10 Å². The SMILES string of the molecule is CN1CC[C@]23Cc4[nH]ncc4C[C@H]2[C@H]1Cc1ccc(O)cc13. The third-order valence-corrected chi connectivity index (χ3v) is 6.45. The largest absolute Gasteiger partial charge is 0.508 e. The van der Waals surface area contributed by atoms with E-state index >= 15 is 0 Å². The molecular formula is C18H21N3O. The molecule has 0 unspecified atom stereocenters. The Balaban J connectivity index is 1.75. The van der Waals surface area contributed by atoms with E-state index in [9.17, 15) is 5.11 Å². The van der Waals surface area contributed by atoms with E-state index in [2.05, 4.69) is 28.2 Å². The molecule has 4 nitrogen and oxygen atoms in total. The first-order valence-electron chi connectivity index (χ1n) is 8.21. The minimum atomic E-state index is 0.170. The molecule has 2 aromatic rings. The minimum Gasteiger partial charge on any atom is -0.508 e. The summed E-state index contributed by atoms with van der Waals surface area (Å²) in [6.07, 6.45) is 6.42. The summed E-state index contributed by atoms with van der Waals surface area (Å²) in [4.78, 5) is 2.55. The maximum atomic E-state index is 10.0. The van der Waals surface area contributed by atoms with Crippen LogP contribution in [0.15, 0.2) is 24.4 Å². The van der Waals surface area contributed by atoms with Crippen LogP contribution in [-0.4, -0.2) is 39.8 Å². The molecular weight excluding hydrogens is 274 g/mol. The van der Waals surface area contributed by atoms with E-state index in [0.717, 1.165) is 25.8 Å². The highest BCUT2D eigenvalue weighted by atomic mass is 16.3. The molecule has 2 N–H and O–H groups in total. The molecule has 4 heteroatoms. The van der Waals surface area contributed by atoms with Gasteiger partial charge >= 0.3 is 0 Å². The Morgan fingerprint density at radius 2 is 2.23 bits per heavy atom. The van der Waals surface area contributed by atoms with Gasteiger partial charge in [-0.25, -0.2) is 0 Å². The van der Waals surface area contributed by atoms with Crippen LogP contribution < -0.4 is 0 Å².